The molecule has 0 aromatic rings. The van der Waals surface area contributed by atoms with Gasteiger partial charge in [0, 0.05) is 25.6 Å². The van der Waals surface area contributed by atoms with Crippen molar-refractivity contribution >= 4 is 5.78 Å². The Hall–Kier alpha value is -0.370. The van der Waals surface area contributed by atoms with Crippen LogP contribution in [0.1, 0.15) is 27.2 Å². The van der Waals surface area contributed by atoms with Crippen molar-refractivity contribution in [3.05, 3.63) is 0 Å². The fraction of sp³-hybridized carbons (Fsp3) is 0.889. The summed E-state index contributed by atoms with van der Waals surface area (Å²) in [6, 6.07) is 0. The monoisotopic (exact) mass is 158 g/mol. The van der Waals surface area contributed by atoms with E-state index in [2.05, 4.69) is 0 Å². The molecule has 0 spiro atoms. The molecule has 0 aromatic heterocycles. The zero-order chi connectivity index (χ0) is 8.85. The lowest BCUT2D eigenvalue weighted by molar-refractivity contribution is -0.125. The topological polar surface area (TPSA) is 26.3 Å². The molecule has 0 radical (unpaired) electrons. The van der Waals surface area contributed by atoms with Crippen molar-refractivity contribution in [2.75, 3.05) is 13.7 Å². The minimum absolute atomic E-state index is 0.148. The van der Waals surface area contributed by atoms with Gasteiger partial charge in [0.05, 0.1) is 0 Å². The van der Waals surface area contributed by atoms with Gasteiger partial charge in [-0.1, -0.05) is 20.8 Å². The SMILES string of the molecule is COCCC(C)C(=O)C(C)C. The Kier molecular flexibility index (Phi) is 5.12. The Morgan fingerprint density at radius 1 is 1.36 bits per heavy atom. The average molecular weight is 158 g/mol. The third kappa shape index (κ3) is 4.14. The fourth-order valence-corrected chi connectivity index (χ4v) is 1.01. The molecule has 2 heteroatoms. The number of rotatable bonds is 5. The third-order valence-corrected chi connectivity index (χ3v) is 1.81. The van der Waals surface area contributed by atoms with Gasteiger partial charge in [0.2, 0.25) is 0 Å². The van der Waals surface area contributed by atoms with Gasteiger partial charge < -0.3 is 4.74 Å². The molecule has 0 aliphatic carbocycles. The Bertz CT molecular complexity index is 119. The van der Waals surface area contributed by atoms with Gasteiger partial charge in [0.15, 0.2) is 0 Å². The fourth-order valence-electron chi connectivity index (χ4n) is 1.01. The maximum absolute atomic E-state index is 11.3. The molecule has 0 aliphatic heterocycles. The number of hydrogen-bond acceptors (Lipinski definition) is 2. The smallest absolute Gasteiger partial charge is 0.138 e. The van der Waals surface area contributed by atoms with Gasteiger partial charge in [-0.15, -0.1) is 0 Å². The van der Waals surface area contributed by atoms with Crippen LogP contribution in [0, 0.1) is 11.8 Å². The van der Waals surface area contributed by atoms with E-state index in [1.54, 1.807) is 7.11 Å². The standard InChI is InChI=1S/C9H18O2/c1-7(2)9(10)8(3)5-6-11-4/h7-8H,5-6H2,1-4H3. The summed E-state index contributed by atoms with van der Waals surface area (Å²) in [5, 5.41) is 0. The highest BCUT2D eigenvalue weighted by Gasteiger charge is 2.15. The second kappa shape index (κ2) is 5.30. The summed E-state index contributed by atoms with van der Waals surface area (Å²) < 4.78 is 4.89. The van der Waals surface area contributed by atoms with Gasteiger partial charge in [-0.25, -0.2) is 0 Å². The molecule has 1 atom stereocenters. The van der Waals surface area contributed by atoms with Gasteiger partial charge in [-0.05, 0) is 6.42 Å². The number of ether oxygens (including phenoxy) is 1. The van der Waals surface area contributed by atoms with Gasteiger partial charge >= 0.3 is 0 Å². The molecule has 2 nitrogen and oxygen atoms in total. The van der Waals surface area contributed by atoms with Crippen molar-refractivity contribution < 1.29 is 9.53 Å². The maximum atomic E-state index is 11.3. The molecule has 0 N–H and O–H groups in total. The van der Waals surface area contributed by atoms with E-state index in [1.807, 2.05) is 20.8 Å². The third-order valence-electron chi connectivity index (χ3n) is 1.81. The number of ketones is 1. The van der Waals surface area contributed by atoms with Crippen LogP contribution in [0.5, 0.6) is 0 Å². The lowest BCUT2D eigenvalue weighted by Crippen LogP contribution is -2.18. The van der Waals surface area contributed by atoms with E-state index in [0.29, 0.717) is 12.4 Å². The molecular formula is C9H18O2. The molecule has 11 heavy (non-hydrogen) atoms. The molecule has 0 amide bonds. The normalized spacial score (nSPS) is 13.5. The van der Waals surface area contributed by atoms with Crippen LogP contribution < -0.4 is 0 Å². The van der Waals surface area contributed by atoms with E-state index >= 15 is 0 Å². The maximum Gasteiger partial charge on any atom is 0.138 e. The van der Waals surface area contributed by atoms with E-state index in [-0.39, 0.29) is 11.8 Å². The van der Waals surface area contributed by atoms with Crippen LogP contribution in [0.2, 0.25) is 0 Å². The van der Waals surface area contributed by atoms with Crippen LogP contribution in [-0.4, -0.2) is 19.5 Å². The minimum atomic E-state index is 0.148. The highest BCUT2D eigenvalue weighted by atomic mass is 16.5. The Morgan fingerprint density at radius 3 is 2.27 bits per heavy atom. The number of carbonyl (C=O) groups is 1. The Morgan fingerprint density at radius 2 is 1.91 bits per heavy atom. The zero-order valence-corrected chi connectivity index (χ0v) is 7.89. The summed E-state index contributed by atoms with van der Waals surface area (Å²) in [7, 11) is 1.66. The van der Waals surface area contributed by atoms with E-state index < -0.39 is 0 Å². The Balaban J connectivity index is 3.64. The summed E-state index contributed by atoms with van der Waals surface area (Å²) >= 11 is 0. The van der Waals surface area contributed by atoms with Crippen molar-refractivity contribution in [2.45, 2.75) is 27.2 Å². The van der Waals surface area contributed by atoms with Crippen LogP contribution >= 0.6 is 0 Å². The van der Waals surface area contributed by atoms with Gasteiger partial charge in [-0.2, -0.15) is 0 Å². The van der Waals surface area contributed by atoms with Crippen LogP contribution in [0.15, 0.2) is 0 Å². The van der Waals surface area contributed by atoms with Crippen molar-refractivity contribution in [3.63, 3.8) is 0 Å². The molecule has 0 aromatic carbocycles. The first-order valence-corrected chi connectivity index (χ1v) is 4.12. The second-order valence-electron chi connectivity index (χ2n) is 3.24. The lowest BCUT2D eigenvalue weighted by atomic mass is 9.95. The van der Waals surface area contributed by atoms with E-state index in [1.165, 1.54) is 0 Å². The number of hydrogen-bond donors (Lipinski definition) is 0. The summed E-state index contributed by atoms with van der Waals surface area (Å²) in [5.41, 5.74) is 0. The summed E-state index contributed by atoms with van der Waals surface area (Å²) in [6.45, 7) is 6.51. The highest BCUT2D eigenvalue weighted by Crippen LogP contribution is 2.09. The summed E-state index contributed by atoms with van der Waals surface area (Å²) in [5.74, 6) is 0.638. The number of Topliss-reactive ketones (excluding diaryl/α,β-unsaturated/α-hetero) is 1. The van der Waals surface area contributed by atoms with Gasteiger partial charge in [0.25, 0.3) is 0 Å². The Labute approximate surface area is 68.9 Å². The number of methoxy groups -OCH3 is 1. The van der Waals surface area contributed by atoms with Gasteiger partial charge in [0.1, 0.15) is 5.78 Å². The second-order valence-corrected chi connectivity index (χ2v) is 3.24. The molecular weight excluding hydrogens is 140 g/mol. The molecule has 0 aliphatic rings. The molecule has 66 valence electrons. The first-order valence-electron chi connectivity index (χ1n) is 4.12. The van der Waals surface area contributed by atoms with Crippen LogP contribution in [0.3, 0.4) is 0 Å². The highest BCUT2D eigenvalue weighted by molar-refractivity contribution is 5.82. The molecule has 0 bridgehead atoms. The van der Waals surface area contributed by atoms with Crippen molar-refractivity contribution in [2.24, 2.45) is 11.8 Å². The predicted octanol–water partition coefficient (Wildman–Crippen LogP) is 1.88. The zero-order valence-electron chi connectivity index (χ0n) is 7.89. The van der Waals surface area contributed by atoms with Crippen molar-refractivity contribution in [1.82, 2.24) is 0 Å². The van der Waals surface area contributed by atoms with E-state index in [0.717, 1.165) is 6.42 Å². The molecule has 0 saturated carbocycles. The summed E-state index contributed by atoms with van der Waals surface area (Å²) in [4.78, 5) is 11.3. The predicted molar refractivity (Wildman–Crippen MR) is 45.5 cm³/mol. The first-order chi connectivity index (χ1) is 5.09. The van der Waals surface area contributed by atoms with E-state index in [4.69, 9.17) is 4.74 Å². The van der Waals surface area contributed by atoms with Crippen molar-refractivity contribution in [1.29, 1.82) is 0 Å². The molecule has 1 unspecified atom stereocenters. The van der Waals surface area contributed by atoms with Crippen molar-refractivity contribution in [3.8, 4) is 0 Å². The quantitative estimate of drug-likeness (QED) is 0.610. The summed E-state index contributed by atoms with van der Waals surface area (Å²) in [6.07, 6.45) is 0.841. The first kappa shape index (κ1) is 10.6. The lowest BCUT2D eigenvalue weighted by Gasteiger charge is -2.11. The van der Waals surface area contributed by atoms with E-state index in [9.17, 15) is 4.79 Å². The minimum Gasteiger partial charge on any atom is -0.385 e. The molecule has 0 heterocycles. The molecule has 0 fully saturated rings. The largest absolute Gasteiger partial charge is 0.385 e. The van der Waals surface area contributed by atoms with Crippen LogP contribution in [0.25, 0.3) is 0 Å². The number of carbonyl (C=O) groups excluding carboxylic acids is 1. The molecule has 0 saturated heterocycles. The van der Waals surface area contributed by atoms with Crippen LogP contribution in [0.4, 0.5) is 0 Å². The van der Waals surface area contributed by atoms with Crippen LogP contribution in [-0.2, 0) is 9.53 Å². The van der Waals surface area contributed by atoms with Gasteiger partial charge in [-0.3, -0.25) is 4.79 Å². The molecule has 0 rings (SSSR count). The average Bonchev–Trinajstić information content (AvgIpc) is 1.98.